The number of benzene rings is 7. The molecule has 9 aromatic rings. The summed E-state index contributed by atoms with van der Waals surface area (Å²) in [7, 11) is 0. The van der Waals surface area contributed by atoms with Gasteiger partial charge in [-0.1, -0.05) is 182 Å². The molecule has 12 rings (SSSR count). The van der Waals surface area contributed by atoms with E-state index in [4.69, 9.17) is 9.97 Å². The Kier molecular flexibility index (Phi) is 8.79. The van der Waals surface area contributed by atoms with Crippen molar-refractivity contribution in [2.45, 2.75) is 41.2 Å². The van der Waals surface area contributed by atoms with Gasteiger partial charge in [-0.05, 0) is 98.0 Å². The van der Waals surface area contributed by atoms with E-state index in [2.05, 4.69) is 194 Å². The molecule has 1 aromatic heterocycles. The molecule has 3 heteroatoms. The van der Waals surface area contributed by atoms with Gasteiger partial charge in [0.25, 0.3) is 0 Å². The Morgan fingerprint density at radius 1 is 0.590 bits per heavy atom. The Morgan fingerprint density at radius 2 is 1.31 bits per heavy atom. The van der Waals surface area contributed by atoms with Crippen LogP contribution in [-0.2, 0) is 0 Å². The maximum Gasteiger partial charge on any atom is 0.160 e. The number of aromatic nitrogens is 2. The summed E-state index contributed by atoms with van der Waals surface area (Å²) in [6.07, 6.45) is 15.0. The third kappa shape index (κ3) is 6.30. The largest absolute Gasteiger partial charge is 0.232 e. The topological polar surface area (TPSA) is 25.8 Å². The first-order valence-corrected chi connectivity index (χ1v) is 22.3. The summed E-state index contributed by atoms with van der Waals surface area (Å²) in [5.41, 5.74) is 12.9. The lowest BCUT2D eigenvalue weighted by Gasteiger charge is -2.19. The first-order valence-electron chi connectivity index (χ1n) is 21.4. The van der Waals surface area contributed by atoms with Crippen molar-refractivity contribution in [2.75, 3.05) is 0 Å². The Hall–Kier alpha value is -6.99. The molecule has 2 heterocycles. The molecular formula is C58H40N2S. The molecule has 1 aliphatic heterocycles. The molecule has 2 nitrogen and oxygen atoms in total. The van der Waals surface area contributed by atoms with Crippen molar-refractivity contribution in [3.8, 4) is 44.9 Å². The van der Waals surface area contributed by atoms with Crippen molar-refractivity contribution in [2.24, 2.45) is 0 Å². The van der Waals surface area contributed by atoms with E-state index in [0.717, 1.165) is 51.1 Å². The Labute approximate surface area is 361 Å². The number of allylic oxidation sites excluding steroid dienone is 5. The van der Waals surface area contributed by atoms with Gasteiger partial charge < -0.3 is 0 Å². The molecule has 0 bridgehead atoms. The van der Waals surface area contributed by atoms with Crippen LogP contribution < -0.4 is 0 Å². The van der Waals surface area contributed by atoms with E-state index in [1.165, 1.54) is 72.7 Å². The van der Waals surface area contributed by atoms with Crippen LogP contribution in [0.25, 0.3) is 82.8 Å². The standard InChI is InChI=1S/C58H40N2S/c1-3-16-43-37(12-1)14-9-21-44(43)39-26-30-41(31-27-39)54-36-55(51-35-34-50(48-18-5-6-19-49(48)51)47-23-10-15-38-13-2-4-17-45(38)47)60-58(59-54)42-32-28-40(29-33-42)46-22-11-24-53-52-20-7-8-25-56(52)61-57(46)53/h1-4,6,8-17,19,21-30,32-36,41,52,56H,7,20,31H2. The maximum atomic E-state index is 5.39. The molecule has 8 aromatic carbocycles. The first-order chi connectivity index (χ1) is 30.2. The molecule has 288 valence electrons. The van der Waals surface area contributed by atoms with Gasteiger partial charge in [0.15, 0.2) is 5.82 Å². The molecule has 3 aliphatic rings. The van der Waals surface area contributed by atoms with E-state index >= 15 is 0 Å². The van der Waals surface area contributed by atoms with Gasteiger partial charge >= 0.3 is 0 Å². The van der Waals surface area contributed by atoms with Crippen LogP contribution in [0.15, 0.2) is 193 Å². The monoisotopic (exact) mass is 796 g/mol. The van der Waals surface area contributed by atoms with Crippen LogP contribution in [0.4, 0.5) is 0 Å². The Bertz CT molecular complexity index is 3270. The zero-order valence-electron chi connectivity index (χ0n) is 33.6. The molecule has 61 heavy (non-hydrogen) atoms. The lowest BCUT2D eigenvalue weighted by atomic mass is 9.86. The second-order valence-corrected chi connectivity index (χ2v) is 17.7. The van der Waals surface area contributed by atoms with E-state index in [1.54, 1.807) is 0 Å². The zero-order valence-corrected chi connectivity index (χ0v) is 34.4. The van der Waals surface area contributed by atoms with Crippen LogP contribution in [0, 0.1) is 12.1 Å². The van der Waals surface area contributed by atoms with Gasteiger partial charge in [0.1, 0.15) is 0 Å². The van der Waals surface area contributed by atoms with Crippen LogP contribution >= 0.6 is 11.8 Å². The molecule has 0 radical (unpaired) electrons. The van der Waals surface area contributed by atoms with Gasteiger partial charge in [0, 0.05) is 43.9 Å². The summed E-state index contributed by atoms with van der Waals surface area (Å²) in [4.78, 5) is 12.2. The molecule has 3 unspecified atom stereocenters. The first kappa shape index (κ1) is 35.9. The number of fused-ring (bicyclic) bond motifs is 6. The summed E-state index contributed by atoms with van der Waals surface area (Å²) in [6.45, 7) is 0. The zero-order chi connectivity index (χ0) is 40.3. The second-order valence-electron chi connectivity index (χ2n) is 16.5. The minimum absolute atomic E-state index is 0.0983. The maximum absolute atomic E-state index is 5.39. The summed E-state index contributed by atoms with van der Waals surface area (Å²) >= 11 is 2.03. The van der Waals surface area contributed by atoms with Gasteiger partial charge in [0.05, 0.1) is 11.4 Å². The van der Waals surface area contributed by atoms with E-state index in [0.29, 0.717) is 11.2 Å². The van der Waals surface area contributed by atoms with Crippen LogP contribution in [-0.4, -0.2) is 15.2 Å². The van der Waals surface area contributed by atoms with Crippen LogP contribution in [0.5, 0.6) is 0 Å². The lowest BCUT2D eigenvalue weighted by molar-refractivity contribution is 0.634. The molecule has 3 atom stereocenters. The Morgan fingerprint density at radius 3 is 2.13 bits per heavy atom. The normalized spacial score (nSPS) is 17.9. The van der Waals surface area contributed by atoms with E-state index in [1.807, 2.05) is 17.8 Å². The van der Waals surface area contributed by atoms with Crippen molar-refractivity contribution in [3.63, 3.8) is 0 Å². The number of hydrogen-bond donors (Lipinski definition) is 0. The van der Waals surface area contributed by atoms with E-state index in [9.17, 15) is 0 Å². The van der Waals surface area contributed by atoms with E-state index in [-0.39, 0.29) is 5.92 Å². The summed E-state index contributed by atoms with van der Waals surface area (Å²) in [6, 6.07) is 63.8. The van der Waals surface area contributed by atoms with Crippen molar-refractivity contribution >= 4 is 49.7 Å². The molecule has 0 spiro atoms. The highest BCUT2D eigenvalue weighted by Gasteiger charge is 2.34. The second kappa shape index (κ2) is 14.9. The highest BCUT2D eigenvalue weighted by atomic mass is 32.2. The van der Waals surface area contributed by atoms with Gasteiger partial charge in [-0.2, -0.15) is 0 Å². The lowest BCUT2D eigenvalue weighted by Crippen LogP contribution is -2.10. The quantitative estimate of drug-likeness (QED) is 0.157. The minimum atomic E-state index is 0.0983. The van der Waals surface area contributed by atoms with Gasteiger partial charge in [0.2, 0.25) is 0 Å². The predicted octanol–water partition coefficient (Wildman–Crippen LogP) is 15.2. The minimum Gasteiger partial charge on any atom is -0.232 e. The van der Waals surface area contributed by atoms with Crippen LogP contribution in [0.1, 0.15) is 47.9 Å². The van der Waals surface area contributed by atoms with Crippen LogP contribution in [0.2, 0.25) is 0 Å². The molecule has 0 saturated carbocycles. The summed E-state index contributed by atoms with van der Waals surface area (Å²) in [5.74, 6) is 1.44. The highest BCUT2D eigenvalue weighted by molar-refractivity contribution is 8.00. The highest BCUT2D eigenvalue weighted by Crippen LogP contribution is 2.53. The van der Waals surface area contributed by atoms with Crippen molar-refractivity contribution in [3.05, 3.63) is 217 Å². The van der Waals surface area contributed by atoms with Crippen LogP contribution in [0.3, 0.4) is 0 Å². The average molecular weight is 797 g/mol. The third-order valence-electron chi connectivity index (χ3n) is 13.0. The van der Waals surface area contributed by atoms with Crippen molar-refractivity contribution < 1.29 is 0 Å². The molecule has 0 saturated heterocycles. The van der Waals surface area contributed by atoms with Gasteiger partial charge in [-0.15, -0.1) is 11.8 Å². The van der Waals surface area contributed by atoms with Gasteiger partial charge in [-0.25, -0.2) is 9.97 Å². The molecule has 0 N–H and O–H groups in total. The van der Waals surface area contributed by atoms with E-state index < -0.39 is 0 Å². The summed E-state index contributed by atoms with van der Waals surface area (Å²) < 4.78 is 0. The third-order valence-corrected chi connectivity index (χ3v) is 14.4. The smallest absolute Gasteiger partial charge is 0.160 e. The van der Waals surface area contributed by atoms with Crippen molar-refractivity contribution in [1.29, 1.82) is 0 Å². The number of hydrogen-bond acceptors (Lipinski definition) is 3. The fourth-order valence-corrected chi connectivity index (χ4v) is 11.5. The fraction of sp³-hybridized carbons (Fsp3) is 0.103. The number of nitrogens with zero attached hydrogens (tertiary/aromatic N) is 2. The number of thioether (sulfide) groups is 1. The Balaban J connectivity index is 0.960. The molecule has 2 aliphatic carbocycles. The molecular weight excluding hydrogens is 757 g/mol. The average Bonchev–Trinajstić information content (AvgIpc) is 3.72. The molecule has 0 amide bonds. The van der Waals surface area contributed by atoms with Crippen molar-refractivity contribution in [1.82, 2.24) is 9.97 Å². The fourth-order valence-electron chi connectivity index (χ4n) is 9.91. The SMILES string of the molecule is c1ccc2c(-c3cc(C4C=CC(c5cccc6ccccc56)=CC4)nc(-c4ccc(-c5cccc6c5SC5C=CCCC65)cc4)n3)ccc(-c3cccc4ccccc34)c2c#1. The number of rotatable bonds is 6. The summed E-state index contributed by atoms with van der Waals surface area (Å²) in [5, 5.41) is 7.64. The van der Waals surface area contributed by atoms with Gasteiger partial charge in [-0.3, -0.25) is 0 Å². The molecule has 0 fully saturated rings. The predicted molar refractivity (Wildman–Crippen MR) is 256 cm³/mol.